The van der Waals surface area contributed by atoms with Crippen LogP contribution in [0.2, 0.25) is 0 Å². The summed E-state index contributed by atoms with van der Waals surface area (Å²) in [5.74, 6) is 1.27. The smallest absolute Gasteiger partial charge is 0.255 e. The summed E-state index contributed by atoms with van der Waals surface area (Å²) in [6.45, 7) is 2.91. The summed E-state index contributed by atoms with van der Waals surface area (Å²) >= 11 is 0. The van der Waals surface area contributed by atoms with Gasteiger partial charge in [0.05, 0.1) is 12.7 Å². The molecular formula is C25H30N2O3. The van der Waals surface area contributed by atoms with Gasteiger partial charge in [0.15, 0.2) is 0 Å². The van der Waals surface area contributed by atoms with Gasteiger partial charge >= 0.3 is 0 Å². The van der Waals surface area contributed by atoms with Crippen molar-refractivity contribution >= 4 is 12.0 Å². The minimum absolute atomic E-state index is 0.0568. The molecule has 1 aliphatic heterocycles. The summed E-state index contributed by atoms with van der Waals surface area (Å²) < 4.78 is 11.6. The second kappa shape index (κ2) is 9.81. The third-order valence-electron chi connectivity index (χ3n) is 5.65. The number of likely N-dealkylation sites (tertiary alicyclic amines) is 1. The largest absolute Gasteiger partial charge is 0.497 e. The van der Waals surface area contributed by atoms with Crippen molar-refractivity contribution in [2.75, 3.05) is 26.7 Å². The van der Waals surface area contributed by atoms with Gasteiger partial charge in [-0.15, -0.1) is 0 Å². The third kappa shape index (κ3) is 5.63. The lowest BCUT2D eigenvalue weighted by Crippen LogP contribution is -2.38. The maximum atomic E-state index is 12.6. The monoisotopic (exact) mass is 406 g/mol. The maximum Gasteiger partial charge on any atom is 0.255 e. The van der Waals surface area contributed by atoms with E-state index in [-0.39, 0.29) is 12.0 Å². The Morgan fingerprint density at radius 3 is 2.57 bits per heavy atom. The fourth-order valence-corrected chi connectivity index (χ4v) is 3.70. The van der Waals surface area contributed by atoms with Gasteiger partial charge in [-0.25, -0.2) is 0 Å². The molecule has 1 saturated heterocycles. The van der Waals surface area contributed by atoms with Crippen LogP contribution in [0, 0.1) is 0 Å². The lowest BCUT2D eigenvalue weighted by molar-refractivity contribution is 0.0916. The quantitative estimate of drug-likeness (QED) is 0.716. The van der Waals surface area contributed by atoms with E-state index in [2.05, 4.69) is 46.6 Å². The van der Waals surface area contributed by atoms with E-state index < -0.39 is 0 Å². The summed E-state index contributed by atoms with van der Waals surface area (Å²) in [5.41, 5.74) is 1.82. The molecule has 5 nitrogen and oxygen atoms in total. The molecule has 0 aromatic heterocycles. The number of hydrogen-bond acceptors (Lipinski definition) is 4. The first-order valence-corrected chi connectivity index (χ1v) is 10.8. The molecule has 2 fully saturated rings. The number of hydrogen-bond donors (Lipinski definition) is 1. The molecule has 4 rings (SSSR count). The van der Waals surface area contributed by atoms with Gasteiger partial charge in [-0.3, -0.25) is 9.69 Å². The van der Waals surface area contributed by atoms with Crippen LogP contribution in [0.15, 0.2) is 54.6 Å². The zero-order chi connectivity index (χ0) is 20.8. The summed E-state index contributed by atoms with van der Waals surface area (Å²) in [4.78, 5) is 15.0. The zero-order valence-corrected chi connectivity index (χ0v) is 17.5. The van der Waals surface area contributed by atoms with Gasteiger partial charge in [0.2, 0.25) is 0 Å². The van der Waals surface area contributed by atoms with Crippen LogP contribution in [-0.2, 0) is 0 Å². The molecule has 5 heteroatoms. The molecule has 1 N–H and O–H groups in total. The molecule has 1 aliphatic carbocycles. The maximum absolute atomic E-state index is 12.6. The zero-order valence-electron chi connectivity index (χ0n) is 17.5. The van der Waals surface area contributed by atoms with Gasteiger partial charge < -0.3 is 14.8 Å². The van der Waals surface area contributed by atoms with Crippen LogP contribution in [-0.4, -0.2) is 49.7 Å². The fourth-order valence-electron chi connectivity index (χ4n) is 3.70. The summed E-state index contributed by atoms with van der Waals surface area (Å²) in [6.07, 6.45) is 8.52. The van der Waals surface area contributed by atoms with Crippen molar-refractivity contribution in [3.8, 4) is 11.5 Å². The minimum Gasteiger partial charge on any atom is -0.497 e. The lowest BCUT2D eigenvalue weighted by atomic mass is 10.1. The van der Waals surface area contributed by atoms with Crippen LogP contribution >= 0.6 is 0 Å². The summed E-state index contributed by atoms with van der Waals surface area (Å²) in [5, 5.41) is 3.05. The van der Waals surface area contributed by atoms with Crippen LogP contribution in [0.4, 0.5) is 0 Å². The first-order chi connectivity index (χ1) is 14.7. The van der Waals surface area contributed by atoms with Crippen molar-refractivity contribution in [1.82, 2.24) is 10.2 Å². The van der Waals surface area contributed by atoms with Crippen molar-refractivity contribution < 1.29 is 14.3 Å². The Kier molecular flexibility index (Phi) is 6.70. The molecule has 1 saturated carbocycles. The molecule has 0 radical (unpaired) electrons. The number of nitrogens with one attached hydrogen (secondary N) is 1. The predicted molar refractivity (Wildman–Crippen MR) is 119 cm³/mol. The average molecular weight is 407 g/mol. The number of carbonyl (C=O) groups is 1. The lowest BCUT2D eigenvalue weighted by Gasteiger charge is -2.31. The SMILES string of the molecule is COc1ccc(C(=O)NC2CC2)c(OC2CCN(C/C=C/c3ccccc3)CC2)c1. The highest BCUT2D eigenvalue weighted by Crippen LogP contribution is 2.29. The number of piperidine rings is 1. The topological polar surface area (TPSA) is 50.8 Å². The van der Waals surface area contributed by atoms with Crippen LogP contribution in [0.25, 0.3) is 6.08 Å². The number of nitrogens with zero attached hydrogens (tertiary/aromatic N) is 1. The van der Waals surface area contributed by atoms with E-state index >= 15 is 0 Å². The van der Waals surface area contributed by atoms with E-state index in [1.807, 2.05) is 18.2 Å². The molecule has 0 spiro atoms. The van der Waals surface area contributed by atoms with Gasteiger partial charge in [0.25, 0.3) is 5.91 Å². The number of amides is 1. The van der Waals surface area contributed by atoms with E-state index in [0.29, 0.717) is 23.1 Å². The Hall–Kier alpha value is -2.79. The number of benzene rings is 2. The van der Waals surface area contributed by atoms with E-state index in [1.165, 1.54) is 5.56 Å². The van der Waals surface area contributed by atoms with Gasteiger partial charge in [-0.05, 0) is 43.4 Å². The summed E-state index contributed by atoms with van der Waals surface area (Å²) in [7, 11) is 1.63. The molecular weight excluding hydrogens is 376 g/mol. The van der Waals surface area contributed by atoms with E-state index in [4.69, 9.17) is 9.47 Å². The highest BCUT2D eigenvalue weighted by Gasteiger charge is 2.27. The molecule has 0 atom stereocenters. The molecule has 158 valence electrons. The molecule has 30 heavy (non-hydrogen) atoms. The Labute approximate surface area is 178 Å². The van der Waals surface area contributed by atoms with E-state index in [9.17, 15) is 4.79 Å². The Morgan fingerprint density at radius 1 is 1.10 bits per heavy atom. The normalized spacial score (nSPS) is 17.8. The Morgan fingerprint density at radius 2 is 1.87 bits per heavy atom. The van der Waals surface area contributed by atoms with Crippen LogP contribution in [0.5, 0.6) is 11.5 Å². The van der Waals surface area contributed by atoms with E-state index in [1.54, 1.807) is 13.2 Å². The van der Waals surface area contributed by atoms with Gasteiger partial charge in [-0.1, -0.05) is 42.5 Å². The Balaban J connectivity index is 1.31. The number of rotatable bonds is 8. The van der Waals surface area contributed by atoms with E-state index in [0.717, 1.165) is 45.3 Å². The predicted octanol–water partition coefficient (Wildman–Crippen LogP) is 4.14. The number of methoxy groups -OCH3 is 1. The minimum atomic E-state index is -0.0568. The molecule has 1 amide bonds. The van der Waals surface area contributed by atoms with Gasteiger partial charge in [0, 0.05) is 31.7 Å². The number of ether oxygens (including phenoxy) is 2. The molecule has 2 aromatic carbocycles. The van der Waals surface area contributed by atoms with Gasteiger partial charge in [0.1, 0.15) is 17.6 Å². The van der Waals surface area contributed by atoms with Gasteiger partial charge in [-0.2, -0.15) is 0 Å². The fraction of sp³-hybridized carbons (Fsp3) is 0.400. The second-order valence-corrected chi connectivity index (χ2v) is 8.04. The molecule has 0 bridgehead atoms. The first kappa shape index (κ1) is 20.5. The molecule has 2 aromatic rings. The molecule has 2 aliphatic rings. The van der Waals surface area contributed by atoms with Crippen LogP contribution < -0.4 is 14.8 Å². The molecule has 0 unspecified atom stereocenters. The van der Waals surface area contributed by atoms with Crippen molar-refractivity contribution in [3.63, 3.8) is 0 Å². The van der Waals surface area contributed by atoms with Crippen LogP contribution in [0.1, 0.15) is 41.6 Å². The Bertz CT molecular complexity index is 869. The van der Waals surface area contributed by atoms with Crippen molar-refractivity contribution in [2.45, 2.75) is 37.8 Å². The highest BCUT2D eigenvalue weighted by molar-refractivity contribution is 5.97. The summed E-state index contributed by atoms with van der Waals surface area (Å²) in [6, 6.07) is 16.1. The highest BCUT2D eigenvalue weighted by atomic mass is 16.5. The standard InChI is InChI=1S/C25H30N2O3/c1-29-22-11-12-23(25(28)26-20-9-10-20)24(18-22)30-21-13-16-27(17-14-21)15-5-8-19-6-3-2-4-7-19/h2-8,11-12,18,20-21H,9-10,13-17H2,1H3,(H,26,28)/b8-5+. The average Bonchev–Trinajstić information content (AvgIpc) is 3.59. The van der Waals surface area contributed by atoms with Crippen LogP contribution in [0.3, 0.4) is 0 Å². The van der Waals surface area contributed by atoms with Crippen molar-refractivity contribution in [2.24, 2.45) is 0 Å². The van der Waals surface area contributed by atoms with Crippen molar-refractivity contribution in [3.05, 3.63) is 65.7 Å². The molecule has 1 heterocycles. The number of carbonyl (C=O) groups excluding carboxylic acids is 1. The first-order valence-electron chi connectivity index (χ1n) is 10.8. The third-order valence-corrected chi connectivity index (χ3v) is 5.65. The van der Waals surface area contributed by atoms with Crippen molar-refractivity contribution in [1.29, 1.82) is 0 Å². The second-order valence-electron chi connectivity index (χ2n) is 8.04.